The topological polar surface area (TPSA) is 15.3 Å². The van der Waals surface area contributed by atoms with E-state index in [-0.39, 0.29) is 0 Å². The van der Waals surface area contributed by atoms with Crippen LogP contribution in [0.3, 0.4) is 0 Å². The number of benzene rings is 1. The normalized spacial score (nSPS) is 24.2. The molecule has 118 valence electrons. The molecule has 0 bridgehead atoms. The van der Waals surface area contributed by atoms with Gasteiger partial charge in [0, 0.05) is 25.3 Å². The van der Waals surface area contributed by atoms with Crippen LogP contribution in [0.1, 0.15) is 45.6 Å². The van der Waals surface area contributed by atoms with Crippen LogP contribution in [-0.2, 0) is 0 Å². The van der Waals surface area contributed by atoms with E-state index in [0.717, 1.165) is 19.0 Å². The summed E-state index contributed by atoms with van der Waals surface area (Å²) < 4.78 is 0. The lowest BCUT2D eigenvalue weighted by Crippen LogP contribution is -2.45. The fourth-order valence-electron chi connectivity index (χ4n) is 3.90. The average Bonchev–Trinajstić information content (AvgIpc) is 2.72. The van der Waals surface area contributed by atoms with Crippen molar-refractivity contribution in [2.45, 2.75) is 53.0 Å². The summed E-state index contributed by atoms with van der Waals surface area (Å²) in [5.74, 6) is 0.746. The van der Waals surface area contributed by atoms with Crippen molar-refractivity contribution in [3.05, 3.63) is 29.8 Å². The minimum absolute atomic E-state index is 0.423. The number of rotatable bonds is 6. The van der Waals surface area contributed by atoms with Crippen molar-refractivity contribution in [3.8, 4) is 0 Å². The third-order valence-corrected chi connectivity index (χ3v) is 5.12. The number of hydrogen-bond donors (Lipinski definition) is 1. The Bertz CT molecular complexity index is 453. The molecule has 2 heteroatoms. The zero-order valence-corrected chi connectivity index (χ0v) is 14.4. The van der Waals surface area contributed by atoms with Gasteiger partial charge in [-0.15, -0.1) is 0 Å². The molecule has 0 aliphatic heterocycles. The van der Waals surface area contributed by atoms with E-state index in [1.54, 1.807) is 0 Å². The van der Waals surface area contributed by atoms with Crippen molar-refractivity contribution in [1.82, 2.24) is 5.32 Å². The van der Waals surface area contributed by atoms with Gasteiger partial charge in [-0.1, -0.05) is 39.0 Å². The van der Waals surface area contributed by atoms with Crippen LogP contribution in [-0.4, -0.2) is 26.2 Å². The maximum atomic E-state index is 3.82. The molecule has 0 heterocycles. The van der Waals surface area contributed by atoms with Crippen molar-refractivity contribution in [2.75, 3.05) is 25.0 Å². The van der Waals surface area contributed by atoms with Crippen LogP contribution < -0.4 is 10.2 Å². The fourth-order valence-corrected chi connectivity index (χ4v) is 3.90. The molecule has 0 aromatic heterocycles. The zero-order valence-electron chi connectivity index (χ0n) is 14.4. The molecule has 2 atom stereocenters. The summed E-state index contributed by atoms with van der Waals surface area (Å²) in [5, 5.41) is 3.82. The van der Waals surface area contributed by atoms with E-state index in [2.05, 4.69) is 69.2 Å². The van der Waals surface area contributed by atoms with Crippen molar-refractivity contribution in [1.29, 1.82) is 0 Å². The van der Waals surface area contributed by atoms with Gasteiger partial charge in [-0.25, -0.2) is 0 Å². The van der Waals surface area contributed by atoms with E-state index in [1.807, 2.05) is 0 Å². The Morgan fingerprint density at radius 1 is 1.29 bits per heavy atom. The molecular weight excluding hydrogens is 256 g/mol. The van der Waals surface area contributed by atoms with Gasteiger partial charge in [-0.3, -0.25) is 0 Å². The predicted molar refractivity (Wildman–Crippen MR) is 93.0 cm³/mol. The number of nitrogens with zero attached hydrogens (tertiary/aromatic N) is 1. The van der Waals surface area contributed by atoms with E-state index in [4.69, 9.17) is 0 Å². The van der Waals surface area contributed by atoms with Gasteiger partial charge in [-0.05, 0) is 55.7 Å². The summed E-state index contributed by atoms with van der Waals surface area (Å²) in [5.41, 5.74) is 3.17. The third kappa shape index (κ3) is 3.79. The second kappa shape index (κ2) is 6.83. The number of hydrogen-bond acceptors (Lipinski definition) is 2. The Labute approximate surface area is 130 Å². The zero-order chi connectivity index (χ0) is 15.5. The fraction of sp³-hybridized carbons (Fsp3) is 0.684. The Morgan fingerprint density at radius 2 is 2.00 bits per heavy atom. The smallest absolute Gasteiger partial charge is 0.0393 e. The molecular formula is C19H32N2. The molecule has 1 fully saturated rings. The molecule has 0 saturated heterocycles. The van der Waals surface area contributed by atoms with Gasteiger partial charge < -0.3 is 10.2 Å². The standard InChI is InChI=1S/C19H32N2/c1-6-13-20-18-16(11-12-19(18,3)4)14-21(5)17-10-8-7-9-15(17)2/h7-10,16,18,20H,6,11-14H2,1-5H3. The first-order valence-corrected chi connectivity index (χ1v) is 8.46. The van der Waals surface area contributed by atoms with E-state index >= 15 is 0 Å². The maximum Gasteiger partial charge on any atom is 0.0393 e. The third-order valence-electron chi connectivity index (χ3n) is 5.12. The second-order valence-electron chi connectivity index (χ2n) is 7.39. The van der Waals surface area contributed by atoms with Gasteiger partial charge in [0.25, 0.3) is 0 Å². The van der Waals surface area contributed by atoms with Gasteiger partial charge in [0.15, 0.2) is 0 Å². The summed E-state index contributed by atoms with van der Waals surface area (Å²) in [7, 11) is 2.24. The van der Waals surface area contributed by atoms with Crippen molar-refractivity contribution >= 4 is 5.69 Å². The molecule has 2 rings (SSSR count). The maximum absolute atomic E-state index is 3.82. The van der Waals surface area contributed by atoms with Gasteiger partial charge in [-0.2, -0.15) is 0 Å². The molecule has 0 amide bonds. The first kappa shape index (κ1) is 16.4. The van der Waals surface area contributed by atoms with Gasteiger partial charge in [0.1, 0.15) is 0 Å². The summed E-state index contributed by atoms with van der Waals surface area (Å²) in [6.07, 6.45) is 3.89. The average molecular weight is 288 g/mol. The minimum Gasteiger partial charge on any atom is -0.374 e. The molecule has 0 radical (unpaired) electrons. The van der Waals surface area contributed by atoms with Gasteiger partial charge >= 0.3 is 0 Å². The SMILES string of the molecule is CCCNC1C(CN(C)c2ccccc2C)CCC1(C)C. The number of anilines is 1. The summed E-state index contributed by atoms with van der Waals surface area (Å²) >= 11 is 0. The second-order valence-corrected chi connectivity index (χ2v) is 7.39. The lowest BCUT2D eigenvalue weighted by molar-refractivity contribution is 0.250. The van der Waals surface area contributed by atoms with Crippen molar-refractivity contribution in [2.24, 2.45) is 11.3 Å². The number of para-hydroxylation sites is 1. The first-order chi connectivity index (χ1) is 9.95. The lowest BCUT2D eigenvalue weighted by Gasteiger charge is -2.34. The van der Waals surface area contributed by atoms with Crippen LogP contribution in [0, 0.1) is 18.3 Å². The summed E-state index contributed by atoms with van der Waals surface area (Å²) in [6, 6.07) is 9.35. The van der Waals surface area contributed by atoms with Gasteiger partial charge in [0.2, 0.25) is 0 Å². The quantitative estimate of drug-likeness (QED) is 0.842. The van der Waals surface area contributed by atoms with Crippen LogP contribution in [0.25, 0.3) is 0 Å². The molecule has 2 nitrogen and oxygen atoms in total. The molecule has 1 aromatic rings. The minimum atomic E-state index is 0.423. The highest BCUT2D eigenvalue weighted by atomic mass is 15.1. The highest BCUT2D eigenvalue weighted by molar-refractivity contribution is 5.52. The van der Waals surface area contributed by atoms with E-state index in [1.165, 1.54) is 30.5 Å². The molecule has 1 aromatic carbocycles. The molecule has 2 unspecified atom stereocenters. The van der Waals surface area contributed by atoms with E-state index in [9.17, 15) is 0 Å². The predicted octanol–water partition coefficient (Wildman–Crippen LogP) is 4.24. The summed E-state index contributed by atoms with van der Waals surface area (Å²) in [4.78, 5) is 2.45. The Kier molecular flexibility index (Phi) is 5.32. The lowest BCUT2D eigenvalue weighted by atomic mass is 9.84. The monoisotopic (exact) mass is 288 g/mol. The van der Waals surface area contributed by atoms with E-state index < -0.39 is 0 Å². The Balaban J connectivity index is 2.05. The molecule has 1 saturated carbocycles. The van der Waals surface area contributed by atoms with Crippen LogP contribution >= 0.6 is 0 Å². The Morgan fingerprint density at radius 3 is 2.67 bits per heavy atom. The molecule has 1 aliphatic rings. The highest BCUT2D eigenvalue weighted by Crippen LogP contribution is 2.42. The highest BCUT2D eigenvalue weighted by Gasteiger charge is 2.41. The molecule has 0 spiro atoms. The molecule has 21 heavy (non-hydrogen) atoms. The number of nitrogens with one attached hydrogen (secondary N) is 1. The Hall–Kier alpha value is -1.02. The van der Waals surface area contributed by atoms with Crippen LogP contribution in [0.4, 0.5) is 5.69 Å². The van der Waals surface area contributed by atoms with Gasteiger partial charge in [0.05, 0.1) is 0 Å². The van der Waals surface area contributed by atoms with Crippen molar-refractivity contribution < 1.29 is 0 Å². The number of aryl methyl sites for hydroxylation is 1. The molecule has 1 aliphatic carbocycles. The van der Waals surface area contributed by atoms with Crippen LogP contribution in [0.5, 0.6) is 0 Å². The van der Waals surface area contributed by atoms with Crippen molar-refractivity contribution in [3.63, 3.8) is 0 Å². The largest absolute Gasteiger partial charge is 0.374 e. The summed E-state index contributed by atoms with van der Waals surface area (Å²) in [6.45, 7) is 11.6. The van der Waals surface area contributed by atoms with Crippen LogP contribution in [0.15, 0.2) is 24.3 Å². The first-order valence-electron chi connectivity index (χ1n) is 8.46. The van der Waals surface area contributed by atoms with Crippen LogP contribution in [0.2, 0.25) is 0 Å². The van der Waals surface area contributed by atoms with E-state index in [0.29, 0.717) is 11.5 Å². The molecule has 1 N–H and O–H groups in total.